The van der Waals surface area contributed by atoms with Crippen molar-refractivity contribution in [2.24, 2.45) is 0 Å². The van der Waals surface area contributed by atoms with Crippen molar-refractivity contribution in [3.63, 3.8) is 0 Å². The molecule has 1 aliphatic rings. The van der Waals surface area contributed by atoms with E-state index in [9.17, 15) is 5.11 Å². The van der Waals surface area contributed by atoms with Crippen molar-refractivity contribution >= 4 is 0 Å². The molecule has 1 saturated heterocycles. The number of hydrogen-bond acceptors (Lipinski definition) is 2. The van der Waals surface area contributed by atoms with Crippen LogP contribution in [0.5, 0.6) is 0 Å². The predicted molar refractivity (Wildman–Crippen MR) is 66.3 cm³/mol. The van der Waals surface area contributed by atoms with E-state index in [1.54, 1.807) is 0 Å². The fraction of sp³-hybridized carbons (Fsp3) is 0.571. The maximum Gasteiger partial charge on any atom is 0.0564 e. The number of hydrogen-bond donors (Lipinski definition) is 1. The molecule has 16 heavy (non-hydrogen) atoms. The first-order valence-corrected chi connectivity index (χ1v) is 6.26. The van der Waals surface area contributed by atoms with E-state index in [0.29, 0.717) is 0 Å². The van der Waals surface area contributed by atoms with Gasteiger partial charge in [-0.25, -0.2) is 0 Å². The van der Waals surface area contributed by atoms with Crippen LogP contribution in [0.25, 0.3) is 0 Å². The number of nitrogens with zero attached hydrogens (tertiary/aromatic N) is 1. The predicted octanol–water partition coefficient (Wildman–Crippen LogP) is 2.21. The summed E-state index contributed by atoms with van der Waals surface area (Å²) in [5, 5.41) is 9.47. The highest BCUT2D eigenvalue weighted by molar-refractivity contribution is 5.26. The first kappa shape index (κ1) is 11.6. The molecule has 1 aromatic carbocycles. The minimum absolute atomic E-state index is 0.0716. The van der Waals surface area contributed by atoms with Crippen molar-refractivity contribution in [2.75, 3.05) is 13.1 Å². The van der Waals surface area contributed by atoms with Gasteiger partial charge < -0.3 is 5.11 Å². The van der Waals surface area contributed by atoms with Crippen LogP contribution in [0.15, 0.2) is 24.3 Å². The number of rotatable bonds is 3. The molecule has 88 valence electrons. The lowest BCUT2D eigenvalue weighted by atomic mass is 10.0. The molecule has 2 heteroatoms. The molecular weight excluding hydrogens is 198 g/mol. The lowest BCUT2D eigenvalue weighted by molar-refractivity contribution is 0.0791. The van der Waals surface area contributed by atoms with Crippen molar-refractivity contribution in [1.82, 2.24) is 4.90 Å². The second kappa shape index (κ2) is 5.46. The molecule has 0 amide bonds. The lowest BCUT2D eigenvalue weighted by Crippen LogP contribution is -2.35. The highest BCUT2D eigenvalue weighted by atomic mass is 16.3. The molecule has 2 nitrogen and oxygen atoms in total. The highest BCUT2D eigenvalue weighted by Gasteiger charge is 2.17. The zero-order chi connectivity index (χ0) is 11.4. The SMILES string of the molecule is CCc1ccccc1CN1CCC(O)CC1. The van der Waals surface area contributed by atoms with Gasteiger partial charge >= 0.3 is 0 Å². The Kier molecular flexibility index (Phi) is 3.97. The Labute approximate surface area is 97.9 Å². The maximum absolute atomic E-state index is 9.47. The quantitative estimate of drug-likeness (QED) is 0.842. The molecule has 2 rings (SSSR count). The summed E-state index contributed by atoms with van der Waals surface area (Å²) >= 11 is 0. The molecular formula is C14H21NO. The summed E-state index contributed by atoms with van der Waals surface area (Å²) in [7, 11) is 0. The van der Waals surface area contributed by atoms with Crippen LogP contribution in [0.4, 0.5) is 0 Å². The van der Waals surface area contributed by atoms with E-state index < -0.39 is 0 Å². The molecule has 1 aromatic rings. The Balaban J connectivity index is 1.98. The lowest BCUT2D eigenvalue weighted by Gasteiger charge is -2.30. The van der Waals surface area contributed by atoms with Crippen LogP contribution in [-0.2, 0) is 13.0 Å². The van der Waals surface area contributed by atoms with Crippen LogP contribution in [0, 0.1) is 0 Å². The monoisotopic (exact) mass is 219 g/mol. The fourth-order valence-corrected chi connectivity index (χ4v) is 2.38. The number of piperidine rings is 1. The average molecular weight is 219 g/mol. The third-order valence-electron chi connectivity index (χ3n) is 3.45. The summed E-state index contributed by atoms with van der Waals surface area (Å²) in [6, 6.07) is 8.67. The van der Waals surface area contributed by atoms with Crippen molar-refractivity contribution in [2.45, 2.75) is 38.8 Å². The smallest absolute Gasteiger partial charge is 0.0564 e. The van der Waals surface area contributed by atoms with Gasteiger partial charge in [0.05, 0.1) is 6.10 Å². The molecule has 0 saturated carbocycles. The van der Waals surface area contributed by atoms with Gasteiger partial charge in [-0.15, -0.1) is 0 Å². The molecule has 1 fully saturated rings. The van der Waals surface area contributed by atoms with Gasteiger partial charge in [-0.2, -0.15) is 0 Å². The Morgan fingerprint density at radius 3 is 2.44 bits per heavy atom. The van der Waals surface area contributed by atoms with Gasteiger partial charge in [0.15, 0.2) is 0 Å². The topological polar surface area (TPSA) is 23.5 Å². The largest absolute Gasteiger partial charge is 0.393 e. The van der Waals surface area contributed by atoms with Gasteiger partial charge in [-0.05, 0) is 30.4 Å². The van der Waals surface area contributed by atoms with E-state index in [0.717, 1.165) is 38.9 Å². The second-order valence-corrected chi connectivity index (χ2v) is 4.63. The van der Waals surface area contributed by atoms with Gasteiger partial charge in [0, 0.05) is 19.6 Å². The van der Waals surface area contributed by atoms with Crippen LogP contribution < -0.4 is 0 Å². The van der Waals surface area contributed by atoms with Gasteiger partial charge in [0.1, 0.15) is 0 Å². The third-order valence-corrected chi connectivity index (χ3v) is 3.45. The fourth-order valence-electron chi connectivity index (χ4n) is 2.38. The third kappa shape index (κ3) is 2.83. The standard InChI is InChI=1S/C14H21NO/c1-2-12-5-3-4-6-13(12)11-15-9-7-14(16)8-10-15/h3-6,14,16H,2,7-11H2,1H3. The van der Waals surface area contributed by atoms with E-state index in [2.05, 4.69) is 36.1 Å². The van der Waals surface area contributed by atoms with Gasteiger partial charge in [0.2, 0.25) is 0 Å². The van der Waals surface area contributed by atoms with Crippen molar-refractivity contribution in [3.05, 3.63) is 35.4 Å². The Morgan fingerprint density at radius 1 is 1.19 bits per heavy atom. The normalized spacial score (nSPS) is 18.9. The van der Waals surface area contributed by atoms with E-state index in [-0.39, 0.29) is 6.10 Å². The highest BCUT2D eigenvalue weighted by Crippen LogP contribution is 2.16. The Hall–Kier alpha value is -0.860. The molecule has 0 radical (unpaired) electrons. The van der Waals surface area contributed by atoms with Crippen LogP contribution in [0.3, 0.4) is 0 Å². The molecule has 1 N–H and O–H groups in total. The van der Waals surface area contributed by atoms with Crippen LogP contribution in [0.1, 0.15) is 30.9 Å². The number of aryl methyl sites for hydroxylation is 1. The number of aliphatic hydroxyl groups excluding tert-OH is 1. The molecule has 0 unspecified atom stereocenters. The summed E-state index contributed by atoms with van der Waals surface area (Å²) < 4.78 is 0. The second-order valence-electron chi connectivity index (χ2n) is 4.63. The molecule has 0 aliphatic carbocycles. The van der Waals surface area contributed by atoms with E-state index in [4.69, 9.17) is 0 Å². The summed E-state index contributed by atoms with van der Waals surface area (Å²) in [5.41, 5.74) is 2.90. The van der Waals surface area contributed by atoms with E-state index in [1.807, 2.05) is 0 Å². The number of likely N-dealkylation sites (tertiary alicyclic amines) is 1. The summed E-state index contributed by atoms with van der Waals surface area (Å²) in [4.78, 5) is 2.45. The van der Waals surface area contributed by atoms with E-state index in [1.165, 1.54) is 11.1 Å². The van der Waals surface area contributed by atoms with Crippen molar-refractivity contribution < 1.29 is 5.11 Å². The average Bonchev–Trinajstić information content (AvgIpc) is 2.33. The zero-order valence-electron chi connectivity index (χ0n) is 10.0. The minimum atomic E-state index is -0.0716. The minimum Gasteiger partial charge on any atom is -0.393 e. The Morgan fingerprint density at radius 2 is 1.81 bits per heavy atom. The molecule has 1 aliphatic heterocycles. The summed E-state index contributed by atoms with van der Waals surface area (Å²) in [6.45, 7) is 5.30. The Bertz CT molecular complexity index is 329. The molecule has 0 spiro atoms. The van der Waals surface area contributed by atoms with Crippen LogP contribution in [-0.4, -0.2) is 29.2 Å². The molecule has 0 atom stereocenters. The first-order chi connectivity index (χ1) is 7.79. The summed E-state index contributed by atoms with van der Waals surface area (Å²) in [6.07, 6.45) is 2.88. The van der Waals surface area contributed by atoms with Crippen molar-refractivity contribution in [3.8, 4) is 0 Å². The number of benzene rings is 1. The first-order valence-electron chi connectivity index (χ1n) is 6.26. The molecule has 1 heterocycles. The summed E-state index contributed by atoms with van der Waals surface area (Å²) in [5.74, 6) is 0. The van der Waals surface area contributed by atoms with Gasteiger partial charge in [-0.3, -0.25) is 4.90 Å². The van der Waals surface area contributed by atoms with Crippen LogP contribution in [0.2, 0.25) is 0 Å². The zero-order valence-corrected chi connectivity index (χ0v) is 10.0. The maximum atomic E-state index is 9.47. The van der Waals surface area contributed by atoms with Crippen LogP contribution >= 0.6 is 0 Å². The molecule has 0 aromatic heterocycles. The van der Waals surface area contributed by atoms with Gasteiger partial charge in [0.25, 0.3) is 0 Å². The van der Waals surface area contributed by atoms with Crippen molar-refractivity contribution in [1.29, 1.82) is 0 Å². The number of aliphatic hydroxyl groups is 1. The molecule has 0 bridgehead atoms. The van der Waals surface area contributed by atoms with Gasteiger partial charge in [-0.1, -0.05) is 31.2 Å². The van der Waals surface area contributed by atoms with E-state index >= 15 is 0 Å².